The van der Waals surface area contributed by atoms with Crippen molar-refractivity contribution >= 4 is 19.2 Å². The van der Waals surface area contributed by atoms with Gasteiger partial charge in [-0.15, -0.1) is 0 Å². The number of hydrogen-bond acceptors (Lipinski definition) is 1. The Morgan fingerprint density at radius 2 is 1.15 bits per heavy atom. The number of allylic oxidation sites excluding steroid dienone is 2. The lowest BCUT2D eigenvalue weighted by Crippen LogP contribution is -2.66. The van der Waals surface area contributed by atoms with Crippen LogP contribution in [0.1, 0.15) is 72.6 Å². The first-order chi connectivity index (χ1) is 15.9. The summed E-state index contributed by atoms with van der Waals surface area (Å²) in [7, 11) is -1.56. The minimum atomic E-state index is -1.56. The number of rotatable bonds is 5. The Hall–Kier alpha value is -1.90. The van der Waals surface area contributed by atoms with Crippen LogP contribution in [0.15, 0.2) is 85.0 Å². The largest absolute Gasteiger partial charge is 0.301 e. The second kappa shape index (κ2) is 10.2. The van der Waals surface area contributed by atoms with E-state index in [1.54, 1.807) is 10.4 Å². The minimum absolute atomic E-state index is 0.0532. The first-order valence-corrected chi connectivity index (χ1v) is 14.8. The van der Waals surface area contributed by atoms with Gasteiger partial charge in [-0.1, -0.05) is 148 Å². The van der Waals surface area contributed by atoms with E-state index in [2.05, 4.69) is 118 Å². The lowest BCUT2D eigenvalue weighted by molar-refractivity contribution is 0.0605. The fraction of sp³-hybridized carbons (Fsp3) is 0.484. The Balaban J connectivity index is 1.86. The molecule has 0 radical (unpaired) electrons. The van der Waals surface area contributed by atoms with E-state index in [4.69, 9.17) is 0 Å². The van der Waals surface area contributed by atoms with Gasteiger partial charge in [0.05, 0.1) is 0 Å². The molecule has 1 fully saturated rings. The summed E-state index contributed by atoms with van der Waals surface area (Å²) in [4.78, 5) is 0. The van der Waals surface area contributed by atoms with E-state index in [0.717, 1.165) is 0 Å². The van der Waals surface area contributed by atoms with E-state index in [1.807, 2.05) is 0 Å². The fourth-order valence-electron chi connectivity index (χ4n) is 6.63. The van der Waals surface area contributed by atoms with Gasteiger partial charge in [0, 0.05) is 11.6 Å². The molecule has 0 heterocycles. The molecule has 0 saturated heterocycles. The van der Waals surface area contributed by atoms with Crippen LogP contribution >= 0.6 is 0 Å². The average Bonchev–Trinajstić information content (AvgIpc) is 3.32. The molecule has 2 aliphatic rings. The molecular formula is C31H43NSi. The molecule has 2 heteroatoms. The lowest BCUT2D eigenvalue weighted by atomic mass is 9.61. The molecule has 2 aromatic carbocycles. The second-order valence-electron chi connectivity index (χ2n) is 11.3. The summed E-state index contributed by atoms with van der Waals surface area (Å²) in [5.41, 5.74) is 0.168. The highest BCUT2D eigenvalue weighted by atomic mass is 28.3. The van der Waals surface area contributed by atoms with Gasteiger partial charge in [-0.3, -0.25) is 0 Å². The van der Waals surface area contributed by atoms with Gasteiger partial charge in [-0.05, 0) is 30.2 Å². The van der Waals surface area contributed by atoms with E-state index in [0.29, 0.717) is 6.04 Å². The van der Waals surface area contributed by atoms with E-state index in [9.17, 15) is 0 Å². The molecule has 0 spiro atoms. The van der Waals surface area contributed by atoms with Crippen LogP contribution in [0.2, 0.25) is 5.04 Å². The zero-order valence-electron chi connectivity index (χ0n) is 21.2. The van der Waals surface area contributed by atoms with E-state index in [-0.39, 0.29) is 16.0 Å². The summed E-state index contributed by atoms with van der Waals surface area (Å²) >= 11 is 0. The van der Waals surface area contributed by atoms with E-state index >= 15 is 0 Å². The maximum Gasteiger partial charge on any atom is 0.109 e. The molecule has 2 atom stereocenters. The molecule has 2 aromatic rings. The SMILES string of the molecule is CC1(NC2C=CC=C2)CCCCCCCC(C)([SiH](c2ccccc2)c2ccccc2)C1(C)C. The van der Waals surface area contributed by atoms with Crippen molar-refractivity contribution in [3.63, 3.8) is 0 Å². The standard InChI is InChI=1S/C31H43NSi/c1-29(2)30(3,32-26-18-14-15-19-26)24-16-6-5-7-17-25-31(29,4)33(27-20-10-8-11-21-27)28-22-12-9-13-23-28/h8-15,18-23,26,32-33H,5-7,16-17,24-25H2,1-4H3. The maximum absolute atomic E-state index is 4.16. The van der Waals surface area contributed by atoms with Crippen molar-refractivity contribution in [1.29, 1.82) is 0 Å². The van der Waals surface area contributed by atoms with Gasteiger partial charge in [0.2, 0.25) is 0 Å². The van der Waals surface area contributed by atoms with Crippen molar-refractivity contribution in [2.75, 3.05) is 0 Å². The molecule has 176 valence electrons. The molecule has 0 amide bonds. The van der Waals surface area contributed by atoms with Crippen molar-refractivity contribution in [3.8, 4) is 0 Å². The third-order valence-electron chi connectivity index (χ3n) is 9.32. The van der Waals surface area contributed by atoms with Crippen LogP contribution in [0, 0.1) is 5.41 Å². The second-order valence-corrected chi connectivity index (χ2v) is 14.8. The van der Waals surface area contributed by atoms with Crippen LogP contribution in [-0.4, -0.2) is 20.4 Å². The molecule has 1 saturated carbocycles. The molecule has 2 aliphatic carbocycles. The van der Waals surface area contributed by atoms with Crippen LogP contribution in [0.4, 0.5) is 0 Å². The highest BCUT2D eigenvalue weighted by molar-refractivity contribution is 6.87. The summed E-state index contributed by atoms with van der Waals surface area (Å²) in [6.07, 6.45) is 18.3. The Morgan fingerprint density at radius 3 is 1.70 bits per heavy atom. The molecule has 0 aliphatic heterocycles. The van der Waals surface area contributed by atoms with Crippen LogP contribution in [0.3, 0.4) is 0 Å². The van der Waals surface area contributed by atoms with Gasteiger partial charge in [0.1, 0.15) is 8.80 Å². The maximum atomic E-state index is 4.16. The van der Waals surface area contributed by atoms with Crippen LogP contribution in [0.25, 0.3) is 0 Å². The topological polar surface area (TPSA) is 12.0 Å². The summed E-state index contributed by atoms with van der Waals surface area (Å²) in [5, 5.41) is 7.55. The fourth-order valence-corrected chi connectivity index (χ4v) is 11.2. The zero-order valence-corrected chi connectivity index (χ0v) is 22.3. The normalized spacial score (nSPS) is 28.3. The minimum Gasteiger partial charge on any atom is -0.301 e. The third-order valence-corrected chi connectivity index (χ3v) is 13.7. The molecule has 0 bridgehead atoms. The summed E-state index contributed by atoms with van der Waals surface area (Å²) in [6.45, 7) is 10.4. The van der Waals surface area contributed by atoms with E-state index in [1.165, 1.54) is 44.9 Å². The van der Waals surface area contributed by atoms with Gasteiger partial charge < -0.3 is 5.32 Å². The predicted molar refractivity (Wildman–Crippen MR) is 147 cm³/mol. The molecule has 1 nitrogen and oxygen atoms in total. The summed E-state index contributed by atoms with van der Waals surface area (Å²) in [5.74, 6) is 0. The smallest absolute Gasteiger partial charge is 0.109 e. The molecule has 0 aromatic heterocycles. The quantitative estimate of drug-likeness (QED) is 0.512. The van der Waals surface area contributed by atoms with Crippen molar-refractivity contribution in [2.24, 2.45) is 5.41 Å². The Bertz CT molecular complexity index is 896. The highest BCUT2D eigenvalue weighted by Crippen LogP contribution is 2.58. The predicted octanol–water partition coefficient (Wildman–Crippen LogP) is 6.40. The molecule has 1 N–H and O–H groups in total. The van der Waals surface area contributed by atoms with Crippen LogP contribution in [-0.2, 0) is 0 Å². The van der Waals surface area contributed by atoms with Gasteiger partial charge in [-0.2, -0.15) is 0 Å². The lowest BCUT2D eigenvalue weighted by Gasteiger charge is -2.59. The van der Waals surface area contributed by atoms with Crippen LogP contribution < -0.4 is 15.7 Å². The highest BCUT2D eigenvalue weighted by Gasteiger charge is 2.56. The molecule has 2 unspecified atom stereocenters. The first-order valence-electron chi connectivity index (χ1n) is 13.1. The third kappa shape index (κ3) is 4.84. The Morgan fingerprint density at radius 1 is 0.667 bits per heavy atom. The van der Waals surface area contributed by atoms with Gasteiger partial charge >= 0.3 is 0 Å². The van der Waals surface area contributed by atoms with Gasteiger partial charge in [-0.25, -0.2) is 0 Å². The molecule has 4 rings (SSSR count). The Labute approximate surface area is 204 Å². The molecule has 33 heavy (non-hydrogen) atoms. The zero-order chi connectivity index (χ0) is 23.4. The van der Waals surface area contributed by atoms with Crippen molar-refractivity contribution in [2.45, 2.75) is 89.3 Å². The van der Waals surface area contributed by atoms with Crippen molar-refractivity contribution < 1.29 is 0 Å². The first kappa shape index (κ1) is 24.2. The number of hydrogen-bond donors (Lipinski definition) is 1. The molecular weight excluding hydrogens is 414 g/mol. The summed E-state index contributed by atoms with van der Waals surface area (Å²) < 4.78 is 0. The van der Waals surface area contributed by atoms with Crippen molar-refractivity contribution in [3.05, 3.63) is 85.0 Å². The average molecular weight is 458 g/mol. The number of nitrogens with one attached hydrogen (secondary N) is 1. The van der Waals surface area contributed by atoms with E-state index < -0.39 is 8.80 Å². The number of benzene rings is 2. The Kier molecular flexibility index (Phi) is 7.45. The van der Waals surface area contributed by atoms with Crippen LogP contribution in [0.5, 0.6) is 0 Å². The monoisotopic (exact) mass is 457 g/mol. The van der Waals surface area contributed by atoms with Gasteiger partial charge in [0.15, 0.2) is 0 Å². The van der Waals surface area contributed by atoms with Crippen molar-refractivity contribution in [1.82, 2.24) is 5.32 Å². The van der Waals surface area contributed by atoms with Gasteiger partial charge in [0.25, 0.3) is 0 Å². The summed E-state index contributed by atoms with van der Waals surface area (Å²) in [6, 6.07) is 23.3.